The van der Waals surface area contributed by atoms with Gasteiger partial charge in [0.15, 0.2) is 11.5 Å². The molecule has 2 aliphatic rings. The Hall–Kier alpha value is -3.11. The lowest BCUT2D eigenvalue weighted by molar-refractivity contribution is -0.132. The molecule has 0 atom stereocenters. The average Bonchev–Trinajstić information content (AvgIpc) is 3.31. The van der Waals surface area contributed by atoms with E-state index in [1.165, 1.54) is 16.4 Å². The van der Waals surface area contributed by atoms with Crippen LogP contribution in [0.1, 0.15) is 38.7 Å². The van der Waals surface area contributed by atoms with Crippen molar-refractivity contribution in [2.45, 2.75) is 44.6 Å². The third-order valence-electron chi connectivity index (χ3n) is 6.36. The van der Waals surface area contributed by atoms with E-state index >= 15 is 0 Å². The number of nitrogens with one attached hydrogen (secondary N) is 2. The summed E-state index contributed by atoms with van der Waals surface area (Å²) in [5.41, 5.74) is 0.798. The number of benzene rings is 2. The van der Waals surface area contributed by atoms with Crippen LogP contribution in [-0.2, 0) is 26.2 Å². The fourth-order valence-electron chi connectivity index (χ4n) is 4.00. The van der Waals surface area contributed by atoms with Crippen molar-refractivity contribution in [1.82, 2.24) is 9.62 Å². The maximum absolute atomic E-state index is 13.1. The fourth-order valence-corrected chi connectivity index (χ4v) is 5.44. The molecule has 2 heterocycles. The number of amides is 2. The van der Waals surface area contributed by atoms with Gasteiger partial charge in [-0.15, -0.1) is 0 Å². The van der Waals surface area contributed by atoms with Crippen LogP contribution >= 0.6 is 0 Å². The standard InChI is InChI=1S/C24H29N3O6S/c1-3-22(28)26-18-5-7-19(8-6-18)34(30,31)27-12-10-24(2,11-13-27)23(29)25-15-17-4-9-20-21(14-17)33-16-32-20/h4-9,14H,3,10-13,15-16H2,1-2H3,(H,25,29)(H,26,28). The normalized spacial score (nSPS) is 17.2. The molecule has 2 aliphatic heterocycles. The van der Waals surface area contributed by atoms with E-state index in [4.69, 9.17) is 9.47 Å². The number of piperidine rings is 1. The van der Waals surface area contributed by atoms with Crippen molar-refractivity contribution in [1.29, 1.82) is 0 Å². The van der Waals surface area contributed by atoms with Gasteiger partial charge in [0.25, 0.3) is 0 Å². The van der Waals surface area contributed by atoms with Gasteiger partial charge in [0.2, 0.25) is 28.6 Å². The molecule has 0 spiro atoms. The van der Waals surface area contributed by atoms with Crippen molar-refractivity contribution in [2.75, 3.05) is 25.2 Å². The predicted molar refractivity (Wildman–Crippen MR) is 126 cm³/mol. The molecule has 2 aromatic rings. The van der Waals surface area contributed by atoms with Crippen LogP contribution in [0.3, 0.4) is 0 Å². The molecule has 2 N–H and O–H groups in total. The first-order valence-corrected chi connectivity index (χ1v) is 12.7. The maximum atomic E-state index is 13.1. The van der Waals surface area contributed by atoms with Gasteiger partial charge in [-0.1, -0.05) is 19.9 Å². The smallest absolute Gasteiger partial charge is 0.243 e. The summed E-state index contributed by atoms with van der Waals surface area (Å²) in [5, 5.41) is 5.68. The molecule has 9 nitrogen and oxygen atoms in total. The molecule has 1 fully saturated rings. The molecule has 34 heavy (non-hydrogen) atoms. The van der Waals surface area contributed by atoms with Gasteiger partial charge in [0, 0.05) is 37.2 Å². The van der Waals surface area contributed by atoms with Crippen LogP contribution in [0.5, 0.6) is 11.5 Å². The van der Waals surface area contributed by atoms with Crippen molar-refractivity contribution in [2.24, 2.45) is 5.41 Å². The van der Waals surface area contributed by atoms with Crippen molar-refractivity contribution < 1.29 is 27.5 Å². The largest absolute Gasteiger partial charge is 0.454 e. The van der Waals surface area contributed by atoms with Gasteiger partial charge in [0.05, 0.1) is 4.90 Å². The van der Waals surface area contributed by atoms with Gasteiger partial charge in [-0.05, 0) is 54.8 Å². The monoisotopic (exact) mass is 487 g/mol. The summed E-state index contributed by atoms with van der Waals surface area (Å²) in [5.74, 6) is 1.12. The summed E-state index contributed by atoms with van der Waals surface area (Å²) >= 11 is 0. The van der Waals surface area contributed by atoms with Gasteiger partial charge in [-0.2, -0.15) is 4.31 Å². The minimum absolute atomic E-state index is 0.0989. The van der Waals surface area contributed by atoms with E-state index in [-0.39, 0.29) is 36.6 Å². The molecule has 4 rings (SSSR count). The number of rotatable bonds is 7. The molecule has 2 amide bonds. The molecule has 0 unspecified atom stereocenters. The zero-order valence-corrected chi connectivity index (χ0v) is 20.1. The summed E-state index contributed by atoms with van der Waals surface area (Å²) in [6.45, 7) is 4.68. The maximum Gasteiger partial charge on any atom is 0.243 e. The van der Waals surface area contributed by atoms with E-state index in [2.05, 4.69) is 10.6 Å². The first-order valence-electron chi connectivity index (χ1n) is 11.3. The summed E-state index contributed by atoms with van der Waals surface area (Å²) in [6, 6.07) is 11.7. The highest BCUT2D eigenvalue weighted by molar-refractivity contribution is 7.89. The van der Waals surface area contributed by atoms with E-state index in [0.717, 1.165) is 5.56 Å². The number of hydrogen-bond donors (Lipinski definition) is 2. The van der Waals surface area contributed by atoms with E-state index < -0.39 is 15.4 Å². The Morgan fingerprint density at radius 3 is 2.38 bits per heavy atom. The number of sulfonamides is 1. The first kappa shape index (κ1) is 24.0. The third kappa shape index (κ3) is 5.02. The Balaban J connectivity index is 1.33. The van der Waals surface area contributed by atoms with Crippen LogP contribution in [0.15, 0.2) is 47.4 Å². The predicted octanol–water partition coefficient (Wildman–Crippen LogP) is 2.87. The van der Waals surface area contributed by atoms with Crippen LogP contribution in [0.4, 0.5) is 5.69 Å². The lowest BCUT2D eigenvalue weighted by Gasteiger charge is -2.37. The Morgan fingerprint density at radius 2 is 1.71 bits per heavy atom. The molecule has 2 aromatic carbocycles. The van der Waals surface area contributed by atoms with Crippen LogP contribution in [0.25, 0.3) is 0 Å². The quantitative estimate of drug-likeness (QED) is 0.621. The Labute approximate surface area is 199 Å². The number of hydrogen-bond acceptors (Lipinski definition) is 6. The second kappa shape index (κ2) is 9.63. The molecule has 182 valence electrons. The first-order chi connectivity index (χ1) is 16.2. The number of fused-ring (bicyclic) bond motifs is 1. The Kier molecular flexibility index (Phi) is 6.81. The second-order valence-electron chi connectivity index (χ2n) is 8.76. The molecular formula is C24H29N3O6S. The van der Waals surface area contributed by atoms with Crippen molar-refractivity contribution in [3.05, 3.63) is 48.0 Å². The molecule has 0 aliphatic carbocycles. The fraction of sp³-hybridized carbons (Fsp3) is 0.417. The van der Waals surface area contributed by atoms with Crippen LogP contribution < -0.4 is 20.1 Å². The van der Waals surface area contributed by atoms with Crippen LogP contribution in [0.2, 0.25) is 0 Å². The number of nitrogens with zero attached hydrogens (tertiary/aromatic N) is 1. The van der Waals surface area contributed by atoms with E-state index in [1.54, 1.807) is 19.1 Å². The molecular weight excluding hydrogens is 458 g/mol. The summed E-state index contributed by atoms with van der Waals surface area (Å²) in [7, 11) is -3.69. The van der Waals surface area contributed by atoms with Crippen LogP contribution in [0, 0.1) is 5.41 Å². The number of ether oxygens (including phenoxy) is 2. The second-order valence-corrected chi connectivity index (χ2v) is 10.7. The zero-order valence-electron chi connectivity index (χ0n) is 19.3. The zero-order chi connectivity index (χ0) is 24.3. The van der Waals surface area contributed by atoms with Crippen molar-refractivity contribution in [3.63, 3.8) is 0 Å². The molecule has 0 bridgehead atoms. The van der Waals surface area contributed by atoms with Crippen LogP contribution in [-0.4, -0.2) is 44.4 Å². The topological polar surface area (TPSA) is 114 Å². The molecule has 0 saturated carbocycles. The van der Waals surface area contributed by atoms with E-state index in [9.17, 15) is 18.0 Å². The highest BCUT2D eigenvalue weighted by Crippen LogP contribution is 2.35. The molecule has 0 aromatic heterocycles. The minimum Gasteiger partial charge on any atom is -0.454 e. The lowest BCUT2D eigenvalue weighted by atomic mass is 9.80. The molecule has 1 saturated heterocycles. The van der Waals surface area contributed by atoms with Gasteiger partial charge >= 0.3 is 0 Å². The highest BCUT2D eigenvalue weighted by Gasteiger charge is 2.40. The number of anilines is 1. The summed E-state index contributed by atoms with van der Waals surface area (Å²) < 4.78 is 38.3. The third-order valence-corrected chi connectivity index (χ3v) is 8.27. The van der Waals surface area contributed by atoms with E-state index in [1.807, 2.05) is 25.1 Å². The molecule has 10 heteroatoms. The van der Waals surface area contributed by atoms with E-state index in [0.29, 0.717) is 43.0 Å². The summed E-state index contributed by atoms with van der Waals surface area (Å²) in [4.78, 5) is 24.6. The highest BCUT2D eigenvalue weighted by atomic mass is 32.2. The molecule has 0 radical (unpaired) electrons. The Bertz CT molecular complexity index is 1170. The van der Waals surface area contributed by atoms with Crippen molar-refractivity contribution >= 4 is 27.5 Å². The number of carbonyl (C=O) groups excluding carboxylic acids is 2. The van der Waals surface area contributed by atoms with Gasteiger partial charge in [-0.3, -0.25) is 9.59 Å². The van der Waals surface area contributed by atoms with Gasteiger partial charge in [-0.25, -0.2) is 8.42 Å². The number of carbonyl (C=O) groups is 2. The SMILES string of the molecule is CCC(=O)Nc1ccc(S(=O)(=O)N2CCC(C)(C(=O)NCc3ccc4c(c3)OCO4)CC2)cc1. The van der Waals surface area contributed by atoms with Gasteiger partial charge < -0.3 is 20.1 Å². The van der Waals surface area contributed by atoms with Gasteiger partial charge in [0.1, 0.15) is 0 Å². The van der Waals surface area contributed by atoms with Crippen molar-refractivity contribution in [3.8, 4) is 11.5 Å². The lowest BCUT2D eigenvalue weighted by Crippen LogP contribution is -2.48. The average molecular weight is 488 g/mol. The Morgan fingerprint density at radius 1 is 1.03 bits per heavy atom. The summed E-state index contributed by atoms with van der Waals surface area (Å²) in [6.07, 6.45) is 1.19. The minimum atomic E-state index is -3.69.